The second-order valence-corrected chi connectivity index (χ2v) is 8.43. The molecule has 0 N–H and O–H groups in total. The lowest BCUT2D eigenvalue weighted by Gasteiger charge is -2.23. The molecule has 1 fully saturated rings. The molecule has 4 nitrogen and oxygen atoms in total. The Morgan fingerprint density at radius 3 is 2.76 bits per heavy atom. The highest BCUT2D eigenvalue weighted by atomic mass is 32.1. The monoisotopic (exact) mass is 402 g/mol. The summed E-state index contributed by atoms with van der Waals surface area (Å²) in [7, 11) is 0. The molecule has 5 rings (SSSR count). The molecular weight excluding hydrogens is 380 g/mol. The van der Waals surface area contributed by atoms with Crippen molar-refractivity contribution in [3.05, 3.63) is 72.3 Å². The maximum Gasteiger partial charge on any atom is 0.233 e. The van der Waals surface area contributed by atoms with Gasteiger partial charge in [0.2, 0.25) is 5.91 Å². The first-order valence-corrected chi connectivity index (χ1v) is 10.8. The number of nitrogens with zero attached hydrogens (tertiary/aromatic N) is 2. The highest BCUT2D eigenvalue weighted by Gasteiger charge is 2.26. The molecule has 0 saturated carbocycles. The molecule has 0 spiro atoms. The van der Waals surface area contributed by atoms with Crippen LogP contribution in [0.2, 0.25) is 0 Å². The molecule has 1 saturated heterocycles. The van der Waals surface area contributed by atoms with Crippen LogP contribution in [0.25, 0.3) is 21.0 Å². The van der Waals surface area contributed by atoms with Crippen molar-refractivity contribution >= 4 is 43.4 Å². The minimum absolute atomic E-state index is 0.0657. The van der Waals surface area contributed by atoms with Crippen LogP contribution >= 0.6 is 11.3 Å². The van der Waals surface area contributed by atoms with E-state index in [1.807, 2.05) is 47.4 Å². The highest BCUT2D eigenvalue weighted by molar-refractivity contribution is 7.22. The SMILES string of the molecule is O=C(Cc1cccc2ccccc12)N(C[C@@H]1CCCO1)c1nc2ccccc2s1. The lowest BCUT2D eigenvalue weighted by Crippen LogP contribution is -2.38. The van der Waals surface area contributed by atoms with Crippen LogP contribution in [-0.4, -0.2) is 30.1 Å². The molecule has 5 heteroatoms. The van der Waals surface area contributed by atoms with E-state index in [0.717, 1.165) is 51.1 Å². The van der Waals surface area contributed by atoms with Gasteiger partial charge in [0.05, 0.1) is 29.3 Å². The van der Waals surface area contributed by atoms with Crippen LogP contribution in [0.3, 0.4) is 0 Å². The first kappa shape index (κ1) is 18.3. The highest BCUT2D eigenvalue weighted by Crippen LogP contribution is 2.30. The number of anilines is 1. The third-order valence-corrected chi connectivity index (χ3v) is 6.51. The number of carbonyl (C=O) groups excluding carboxylic acids is 1. The Labute approximate surface area is 173 Å². The number of ether oxygens (including phenoxy) is 1. The van der Waals surface area contributed by atoms with E-state index in [9.17, 15) is 4.79 Å². The lowest BCUT2D eigenvalue weighted by molar-refractivity contribution is -0.118. The van der Waals surface area contributed by atoms with Gasteiger partial charge in [0.1, 0.15) is 0 Å². The van der Waals surface area contributed by atoms with E-state index in [-0.39, 0.29) is 12.0 Å². The van der Waals surface area contributed by atoms with Gasteiger partial charge in [-0.15, -0.1) is 0 Å². The van der Waals surface area contributed by atoms with Crippen LogP contribution < -0.4 is 4.90 Å². The van der Waals surface area contributed by atoms with Gasteiger partial charge >= 0.3 is 0 Å². The molecule has 0 aliphatic carbocycles. The number of amides is 1. The predicted molar refractivity (Wildman–Crippen MR) is 119 cm³/mol. The molecule has 29 heavy (non-hydrogen) atoms. The van der Waals surface area contributed by atoms with Crippen molar-refractivity contribution in [3.8, 4) is 0 Å². The van der Waals surface area contributed by atoms with Gasteiger partial charge < -0.3 is 4.74 Å². The number of aromatic nitrogens is 1. The molecular formula is C24H22N2O2S. The van der Waals surface area contributed by atoms with Crippen molar-refractivity contribution in [1.29, 1.82) is 0 Å². The van der Waals surface area contributed by atoms with Gasteiger partial charge in [0.25, 0.3) is 0 Å². The molecule has 1 atom stereocenters. The number of rotatable bonds is 5. The summed E-state index contributed by atoms with van der Waals surface area (Å²) in [6, 6.07) is 22.4. The zero-order valence-corrected chi connectivity index (χ0v) is 16.9. The zero-order chi connectivity index (χ0) is 19.6. The smallest absolute Gasteiger partial charge is 0.233 e. The molecule has 1 aliphatic rings. The summed E-state index contributed by atoms with van der Waals surface area (Å²) < 4.78 is 6.93. The second kappa shape index (κ2) is 7.93. The van der Waals surface area contributed by atoms with Crippen LogP contribution in [0.5, 0.6) is 0 Å². The molecule has 1 aliphatic heterocycles. The summed E-state index contributed by atoms with van der Waals surface area (Å²) in [5, 5.41) is 3.04. The molecule has 0 radical (unpaired) electrons. The van der Waals surface area contributed by atoms with Crippen molar-refractivity contribution in [2.45, 2.75) is 25.4 Å². The van der Waals surface area contributed by atoms with Gasteiger partial charge in [-0.2, -0.15) is 0 Å². The Bertz CT molecular complexity index is 1130. The third kappa shape index (κ3) is 3.76. The third-order valence-electron chi connectivity index (χ3n) is 5.45. The number of hydrogen-bond acceptors (Lipinski definition) is 4. The quantitative estimate of drug-likeness (QED) is 0.460. The molecule has 0 unspecified atom stereocenters. The maximum absolute atomic E-state index is 13.5. The molecule has 2 heterocycles. The Balaban J connectivity index is 1.48. The van der Waals surface area contributed by atoms with Crippen LogP contribution in [-0.2, 0) is 16.0 Å². The van der Waals surface area contributed by atoms with Crippen molar-refractivity contribution < 1.29 is 9.53 Å². The zero-order valence-electron chi connectivity index (χ0n) is 16.1. The Kier molecular flexibility index (Phi) is 5.00. The van der Waals surface area contributed by atoms with Gasteiger partial charge in [0.15, 0.2) is 5.13 Å². The van der Waals surface area contributed by atoms with Crippen molar-refractivity contribution in [3.63, 3.8) is 0 Å². The number of thiazole rings is 1. The largest absolute Gasteiger partial charge is 0.376 e. The van der Waals surface area contributed by atoms with E-state index < -0.39 is 0 Å². The molecule has 3 aromatic carbocycles. The average molecular weight is 403 g/mol. The van der Waals surface area contributed by atoms with Crippen LogP contribution in [0.1, 0.15) is 18.4 Å². The standard InChI is InChI=1S/C24H22N2O2S/c27-23(15-18-9-5-8-17-7-1-2-11-20(17)18)26(16-19-10-6-14-28-19)24-25-21-12-3-4-13-22(21)29-24/h1-5,7-9,11-13,19H,6,10,14-16H2/t19-/m0/s1. The van der Waals surface area contributed by atoms with E-state index in [0.29, 0.717) is 13.0 Å². The van der Waals surface area contributed by atoms with Gasteiger partial charge in [-0.05, 0) is 41.3 Å². The topological polar surface area (TPSA) is 42.4 Å². The Morgan fingerprint density at radius 2 is 1.90 bits per heavy atom. The van der Waals surface area contributed by atoms with E-state index in [4.69, 9.17) is 9.72 Å². The number of benzene rings is 3. The fourth-order valence-electron chi connectivity index (χ4n) is 3.96. The summed E-state index contributed by atoms with van der Waals surface area (Å²) >= 11 is 1.57. The molecule has 1 amide bonds. The Morgan fingerprint density at radius 1 is 1.07 bits per heavy atom. The number of para-hydroxylation sites is 1. The molecule has 1 aromatic heterocycles. The van der Waals surface area contributed by atoms with Gasteiger partial charge in [0, 0.05) is 6.61 Å². The van der Waals surface area contributed by atoms with Gasteiger partial charge in [-0.1, -0.05) is 65.9 Å². The number of fused-ring (bicyclic) bond motifs is 2. The minimum atomic E-state index is 0.0657. The van der Waals surface area contributed by atoms with Crippen molar-refractivity contribution in [2.75, 3.05) is 18.1 Å². The minimum Gasteiger partial charge on any atom is -0.376 e. The summed E-state index contributed by atoms with van der Waals surface area (Å²) in [6.07, 6.45) is 2.47. The summed E-state index contributed by atoms with van der Waals surface area (Å²) in [4.78, 5) is 20.0. The summed E-state index contributed by atoms with van der Waals surface area (Å²) in [6.45, 7) is 1.33. The average Bonchev–Trinajstić information content (AvgIpc) is 3.41. The predicted octanol–water partition coefficient (Wildman–Crippen LogP) is 5.20. The lowest BCUT2D eigenvalue weighted by atomic mass is 10.0. The fraction of sp³-hybridized carbons (Fsp3) is 0.250. The molecule has 146 valence electrons. The second-order valence-electron chi connectivity index (χ2n) is 7.42. The van der Waals surface area contributed by atoms with E-state index >= 15 is 0 Å². The molecule has 4 aromatic rings. The van der Waals surface area contributed by atoms with E-state index in [1.54, 1.807) is 11.3 Å². The summed E-state index contributed by atoms with van der Waals surface area (Å²) in [5.74, 6) is 0.0657. The van der Waals surface area contributed by atoms with E-state index in [2.05, 4.69) is 24.3 Å². The Hall–Kier alpha value is -2.76. The molecule has 0 bridgehead atoms. The van der Waals surface area contributed by atoms with Gasteiger partial charge in [-0.3, -0.25) is 9.69 Å². The van der Waals surface area contributed by atoms with Crippen LogP contribution in [0.4, 0.5) is 5.13 Å². The number of carbonyl (C=O) groups is 1. The maximum atomic E-state index is 13.5. The first-order valence-electron chi connectivity index (χ1n) is 10.0. The summed E-state index contributed by atoms with van der Waals surface area (Å²) in [5.41, 5.74) is 1.98. The van der Waals surface area contributed by atoms with E-state index in [1.165, 1.54) is 0 Å². The van der Waals surface area contributed by atoms with Crippen LogP contribution in [0, 0.1) is 0 Å². The van der Waals surface area contributed by atoms with Crippen molar-refractivity contribution in [1.82, 2.24) is 4.98 Å². The van der Waals surface area contributed by atoms with Crippen molar-refractivity contribution in [2.24, 2.45) is 0 Å². The van der Waals surface area contributed by atoms with Gasteiger partial charge in [-0.25, -0.2) is 4.98 Å². The fourth-order valence-corrected chi connectivity index (χ4v) is 4.95. The van der Waals surface area contributed by atoms with Crippen LogP contribution in [0.15, 0.2) is 66.7 Å². The normalized spacial score (nSPS) is 16.5. The number of hydrogen-bond donors (Lipinski definition) is 0. The first-order chi connectivity index (χ1) is 14.3.